The highest BCUT2D eigenvalue weighted by atomic mass is 32.2. The van der Waals surface area contributed by atoms with Crippen LogP contribution in [0.1, 0.15) is 5.56 Å². The highest BCUT2D eigenvalue weighted by molar-refractivity contribution is 7.90. The van der Waals surface area contributed by atoms with Gasteiger partial charge in [0.2, 0.25) is 15.0 Å². The van der Waals surface area contributed by atoms with Gasteiger partial charge in [-0.3, -0.25) is 4.57 Å². The Kier molecular flexibility index (Phi) is 3.73. The van der Waals surface area contributed by atoms with E-state index in [1.807, 2.05) is 31.2 Å². The average molecular weight is 280 g/mol. The number of rotatable bonds is 4. The summed E-state index contributed by atoms with van der Waals surface area (Å²) in [5.74, 6) is 0. The monoisotopic (exact) mass is 280 g/mol. The third-order valence-electron chi connectivity index (χ3n) is 2.69. The number of imidazole rings is 1. The second kappa shape index (κ2) is 5.14. The molecule has 0 saturated carbocycles. The van der Waals surface area contributed by atoms with Crippen LogP contribution in [0, 0.1) is 6.92 Å². The Morgan fingerprint density at radius 1 is 1.26 bits per heavy atom. The van der Waals surface area contributed by atoms with Crippen molar-refractivity contribution in [3.63, 3.8) is 0 Å². The van der Waals surface area contributed by atoms with Crippen molar-refractivity contribution in [3.05, 3.63) is 36.0 Å². The summed E-state index contributed by atoms with van der Waals surface area (Å²) in [6.07, 6.45) is 2.82. The van der Waals surface area contributed by atoms with E-state index in [9.17, 15) is 8.42 Å². The molecule has 5 nitrogen and oxygen atoms in total. The summed E-state index contributed by atoms with van der Waals surface area (Å²) in [6.45, 7) is 2.15. The quantitative estimate of drug-likeness (QED) is 0.857. The SMILES string of the molecule is COCn1cc(-c2ccc(C)cc2)nc1S(C)(=O)=O. The molecule has 0 saturated heterocycles. The van der Waals surface area contributed by atoms with Gasteiger partial charge in [0.15, 0.2) is 0 Å². The van der Waals surface area contributed by atoms with Crippen LogP contribution in [0.25, 0.3) is 11.3 Å². The smallest absolute Gasteiger partial charge is 0.229 e. The van der Waals surface area contributed by atoms with Crippen molar-refractivity contribution < 1.29 is 13.2 Å². The summed E-state index contributed by atoms with van der Waals surface area (Å²) >= 11 is 0. The van der Waals surface area contributed by atoms with Gasteiger partial charge in [0.1, 0.15) is 6.73 Å². The highest BCUT2D eigenvalue weighted by Gasteiger charge is 2.18. The van der Waals surface area contributed by atoms with Crippen LogP contribution < -0.4 is 0 Å². The zero-order chi connectivity index (χ0) is 14.0. The summed E-state index contributed by atoms with van der Waals surface area (Å²) in [6, 6.07) is 7.76. The van der Waals surface area contributed by atoms with Crippen LogP contribution in [-0.2, 0) is 21.3 Å². The largest absolute Gasteiger partial charge is 0.364 e. The molecule has 19 heavy (non-hydrogen) atoms. The molecule has 0 unspecified atom stereocenters. The minimum atomic E-state index is -3.38. The van der Waals surface area contributed by atoms with Crippen LogP contribution >= 0.6 is 0 Å². The number of benzene rings is 1. The molecule has 6 heteroatoms. The molecule has 0 bridgehead atoms. The molecule has 0 amide bonds. The van der Waals surface area contributed by atoms with E-state index in [1.165, 1.54) is 11.7 Å². The van der Waals surface area contributed by atoms with E-state index in [1.54, 1.807) is 6.20 Å². The van der Waals surface area contributed by atoms with Crippen molar-refractivity contribution >= 4 is 9.84 Å². The van der Waals surface area contributed by atoms with Gasteiger partial charge in [0, 0.05) is 25.1 Å². The lowest BCUT2D eigenvalue weighted by molar-refractivity contribution is 0.123. The molecule has 102 valence electrons. The molecular formula is C13H16N2O3S. The molecule has 0 aliphatic rings. The van der Waals surface area contributed by atoms with Gasteiger partial charge >= 0.3 is 0 Å². The Morgan fingerprint density at radius 3 is 2.42 bits per heavy atom. The van der Waals surface area contributed by atoms with Crippen molar-refractivity contribution in [1.29, 1.82) is 0 Å². The average Bonchev–Trinajstić information content (AvgIpc) is 2.74. The molecule has 0 radical (unpaired) electrons. The Bertz CT molecular complexity index is 672. The summed E-state index contributed by atoms with van der Waals surface area (Å²) in [5.41, 5.74) is 2.64. The zero-order valence-electron chi connectivity index (χ0n) is 11.1. The molecule has 0 atom stereocenters. The summed E-state index contributed by atoms with van der Waals surface area (Å²) in [4.78, 5) is 4.19. The lowest BCUT2D eigenvalue weighted by Gasteiger charge is -2.03. The fraction of sp³-hybridized carbons (Fsp3) is 0.308. The molecule has 0 spiro atoms. The van der Waals surface area contributed by atoms with Crippen LogP contribution in [0.4, 0.5) is 0 Å². The zero-order valence-corrected chi connectivity index (χ0v) is 11.9. The second-order valence-electron chi connectivity index (χ2n) is 4.43. The van der Waals surface area contributed by atoms with Gasteiger partial charge in [-0.15, -0.1) is 0 Å². The normalized spacial score (nSPS) is 11.7. The maximum atomic E-state index is 11.7. The fourth-order valence-corrected chi connectivity index (χ4v) is 2.59. The van der Waals surface area contributed by atoms with Gasteiger partial charge in [-0.1, -0.05) is 29.8 Å². The summed E-state index contributed by atoms with van der Waals surface area (Å²) in [7, 11) is -1.87. The van der Waals surface area contributed by atoms with Crippen LogP contribution in [0.2, 0.25) is 0 Å². The van der Waals surface area contributed by atoms with Crippen molar-refractivity contribution in [2.24, 2.45) is 0 Å². The minimum Gasteiger partial charge on any atom is -0.364 e. The van der Waals surface area contributed by atoms with Gasteiger partial charge in [0.05, 0.1) is 5.69 Å². The Morgan fingerprint density at radius 2 is 1.89 bits per heavy atom. The number of hydrogen-bond donors (Lipinski definition) is 0. The van der Waals surface area contributed by atoms with Crippen LogP contribution in [0.5, 0.6) is 0 Å². The molecule has 0 aliphatic heterocycles. The van der Waals surface area contributed by atoms with Crippen molar-refractivity contribution in [1.82, 2.24) is 9.55 Å². The van der Waals surface area contributed by atoms with Crippen LogP contribution in [0.3, 0.4) is 0 Å². The van der Waals surface area contributed by atoms with Gasteiger partial charge < -0.3 is 4.74 Å². The first-order chi connectivity index (χ1) is 8.91. The fourth-order valence-electron chi connectivity index (χ4n) is 1.79. The van der Waals surface area contributed by atoms with Crippen LogP contribution in [-0.4, -0.2) is 31.3 Å². The molecule has 1 aromatic carbocycles. The predicted molar refractivity (Wildman–Crippen MR) is 72.5 cm³/mol. The number of methoxy groups -OCH3 is 1. The Balaban J connectivity index is 2.51. The number of ether oxygens (including phenoxy) is 1. The van der Waals surface area contributed by atoms with E-state index in [0.29, 0.717) is 5.69 Å². The molecule has 1 heterocycles. The predicted octanol–water partition coefficient (Wildman–Crippen LogP) is 1.87. The van der Waals surface area contributed by atoms with Gasteiger partial charge in [-0.2, -0.15) is 0 Å². The standard InChI is InChI=1S/C13H16N2O3S/c1-10-4-6-11(7-5-10)12-8-15(9-18-2)13(14-12)19(3,16)17/h4-8H,9H2,1-3H3. The second-order valence-corrected chi connectivity index (χ2v) is 6.34. The molecule has 0 N–H and O–H groups in total. The van der Waals surface area contributed by atoms with E-state index in [0.717, 1.165) is 17.4 Å². The number of sulfone groups is 1. The van der Waals surface area contributed by atoms with E-state index >= 15 is 0 Å². The van der Waals surface area contributed by atoms with Gasteiger partial charge in [-0.25, -0.2) is 13.4 Å². The summed E-state index contributed by atoms with van der Waals surface area (Å²) < 4.78 is 29.9. The van der Waals surface area contributed by atoms with E-state index < -0.39 is 9.84 Å². The first-order valence-electron chi connectivity index (χ1n) is 5.75. The highest BCUT2D eigenvalue weighted by Crippen LogP contribution is 2.21. The van der Waals surface area contributed by atoms with E-state index in [-0.39, 0.29) is 11.9 Å². The molecule has 1 aromatic heterocycles. The maximum Gasteiger partial charge on any atom is 0.229 e. The van der Waals surface area contributed by atoms with Crippen molar-refractivity contribution in [2.45, 2.75) is 18.8 Å². The first kappa shape index (κ1) is 13.8. The van der Waals surface area contributed by atoms with E-state index in [4.69, 9.17) is 4.74 Å². The Hall–Kier alpha value is -1.66. The van der Waals surface area contributed by atoms with Gasteiger partial charge in [-0.05, 0) is 6.92 Å². The number of nitrogens with zero attached hydrogens (tertiary/aromatic N) is 2. The number of aryl methyl sites for hydroxylation is 1. The van der Waals surface area contributed by atoms with Crippen LogP contribution in [0.15, 0.2) is 35.6 Å². The number of aromatic nitrogens is 2. The molecule has 0 fully saturated rings. The molecular weight excluding hydrogens is 264 g/mol. The maximum absolute atomic E-state index is 11.7. The summed E-state index contributed by atoms with van der Waals surface area (Å²) in [5, 5.41) is 0.0184. The lowest BCUT2D eigenvalue weighted by atomic mass is 10.1. The third kappa shape index (κ3) is 3.02. The minimum absolute atomic E-state index is 0.0184. The molecule has 0 aliphatic carbocycles. The molecule has 2 aromatic rings. The van der Waals surface area contributed by atoms with Gasteiger partial charge in [0.25, 0.3) is 0 Å². The van der Waals surface area contributed by atoms with Crippen molar-refractivity contribution in [2.75, 3.05) is 13.4 Å². The molecule has 2 rings (SSSR count). The topological polar surface area (TPSA) is 61.2 Å². The Labute approximate surface area is 112 Å². The van der Waals surface area contributed by atoms with Crippen molar-refractivity contribution in [3.8, 4) is 11.3 Å². The number of hydrogen-bond acceptors (Lipinski definition) is 4. The lowest BCUT2D eigenvalue weighted by Crippen LogP contribution is -2.09. The van der Waals surface area contributed by atoms with E-state index in [2.05, 4.69) is 4.98 Å². The first-order valence-corrected chi connectivity index (χ1v) is 7.64. The third-order valence-corrected chi connectivity index (χ3v) is 3.68.